The maximum Gasteiger partial charge on any atom is 0.168 e. The topological polar surface area (TPSA) is 59.3 Å². The Hall–Kier alpha value is -2.15. The van der Waals surface area contributed by atoms with Gasteiger partial charge in [0, 0.05) is 26.2 Å². The Balaban J connectivity index is 1.48. The lowest BCUT2D eigenvalue weighted by atomic mass is 10.1. The van der Waals surface area contributed by atoms with Gasteiger partial charge >= 0.3 is 0 Å². The molecule has 0 radical (unpaired) electrons. The van der Waals surface area contributed by atoms with Gasteiger partial charge in [-0.05, 0) is 41.8 Å². The van der Waals surface area contributed by atoms with E-state index in [1.165, 1.54) is 31.4 Å². The van der Waals surface area contributed by atoms with Crippen molar-refractivity contribution in [3.63, 3.8) is 0 Å². The van der Waals surface area contributed by atoms with E-state index in [4.69, 9.17) is 4.74 Å². The Bertz CT molecular complexity index is 749. The lowest BCUT2D eigenvalue weighted by molar-refractivity contribution is 0.161. The standard InChI is InChI=1S/C21H32N6O/c1-3-8-19(21-22-23-24-27(21)17-9-4-5-10-17)26-15-13-25(14-16-26)18-11-6-7-12-20(18)28-2/h6-7,11-12,17,19H,3-5,8-10,13-16H2,1-2H3/t19-/m1/s1. The predicted molar refractivity (Wildman–Crippen MR) is 110 cm³/mol. The summed E-state index contributed by atoms with van der Waals surface area (Å²) in [6.45, 7) is 6.26. The average Bonchev–Trinajstić information content (AvgIpc) is 3.44. The Morgan fingerprint density at radius 2 is 1.86 bits per heavy atom. The molecule has 0 N–H and O–H groups in total. The van der Waals surface area contributed by atoms with Crippen LogP contribution in [0.3, 0.4) is 0 Å². The van der Waals surface area contributed by atoms with E-state index in [-0.39, 0.29) is 0 Å². The maximum atomic E-state index is 5.56. The minimum atomic E-state index is 0.306. The first-order valence-corrected chi connectivity index (χ1v) is 10.7. The third-order valence-corrected chi connectivity index (χ3v) is 6.23. The summed E-state index contributed by atoms with van der Waals surface area (Å²) in [4.78, 5) is 5.00. The van der Waals surface area contributed by atoms with Gasteiger partial charge in [0.25, 0.3) is 0 Å². The van der Waals surface area contributed by atoms with Gasteiger partial charge in [0.1, 0.15) is 5.75 Å². The molecule has 1 aliphatic heterocycles. The molecule has 0 spiro atoms. The van der Waals surface area contributed by atoms with Crippen LogP contribution in [0.2, 0.25) is 0 Å². The zero-order chi connectivity index (χ0) is 19.3. The average molecular weight is 385 g/mol. The smallest absolute Gasteiger partial charge is 0.168 e. The summed E-state index contributed by atoms with van der Waals surface area (Å²) >= 11 is 0. The van der Waals surface area contributed by atoms with E-state index >= 15 is 0 Å². The van der Waals surface area contributed by atoms with E-state index < -0.39 is 0 Å². The summed E-state index contributed by atoms with van der Waals surface area (Å²) in [6.07, 6.45) is 7.23. The number of hydrogen-bond acceptors (Lipinski definition) is 6. The highest BCUT2D eigenvalue weighted by Crippen LogP contribution is 2.34. The molecule has 152 valence electrons. The molecule has 0 unspecified atom stereocenters. The normalized spacial score (nSPS) is 19.9. The summed E-state index contributed by atoms with van der Waals surface area (Å²) in [6, 6.07) is 9.09. The number of hydrogen-bond donors (Lipinski definition) is 0. The highest BCUT2D eigenvalue weighted by molar-refractivity contribution is 5.58. The van der Waals surface area contributed by atoms with Crippen molar-refractivity contribution in [2.75, 3.05) is 38.2 Å². The number of tetrazole rings is 1. The number of anilines is 1. The molecule has 1 aromatic heterocycles. The summed E-state index contributed by atoms with van der Waals surface area (Å²) in [5.74, 6) is 2.02. The molecule has 1 saturated heterocycles. The minimum absolute atomic E-state index is 0.306. The Morgan fingerprint density at radius 3 is 2.57 bits per heavy atom. The molecule has 7 heteroatoms. The van der Waals surface area contributed by atoms with Crippen molar-refractivity contribution in [2.24, 2.45) is 0 Å². The van der Waals surface area contributed by atoms with Crippen molar-refractivity contribution < 1.29 is 4.74 Å². The molecule has 1 saturated carbocycles. The van der Waals surface area contributed by atoms with E-state index in [0.717, 1.165) is 50.6 Å². The molecule has 1 aliphatic carbocycles. The fraction of sp³-hybridized carbons (Fsp3) is 0.667. The zero-order valence-corrected chi connectivity index (χ0v) is 17.1. The summed E-state index contributed by atoms with van der Waals surface area (Å²) < 4.78 is 7.70. The van der Waals surface area contributed by atoms with Crippen LogP contribution in [-0.4, -0.2) is 58.4 Å². The lowest BCUT2D eigenvalue weighted by Crippen LogP contribution is -2.48. The van der Waals surface area contributed by atoms with Crippen molar-refractivity contribution in [3.05, 3.63) is 30.1 Å². The third-order valence-electron chi connectivity index (χ3n) is 6.23. The first kappa shape index (κ1) is 19.2. The molecular weight excluding hydrogens is 352 g/mol. The minimum Gasteiger partial charge on any atom is -0.495 e. The number of benzene rings is 1. The lowest BCUT2D eigenvalue weighted by Gasteiger charge is -2.40. The number of nitrogens with zero attached hydrogens (tertiary/aromatic N) is 6. The predicted octanol–water partition coefficient (Wildman–Crippen LogP) is 3.46. The van der Waals surface area contributed by atoms with Gasteiger partial charge in [-0.1, -0.05) is 38.3 Å². The summed E-state index contributed by atoms with van der Waals surface area (Å²) in [5, 5.41) is 12.9. The van der Waals surface area contributed by atoms with Gasteiger partial charge in [0.05, 0.1) is 24.9 Å². The van der Waals surface area contributed by atoms with Crippen LogP contribution in [0.5, 0.6) is 5.75 Å². The molecule has 2 fully saturated rings. The number of para-hydroxylation sites is 2. The Morgan fingerprint density at radius 1 is 1.11 bits per heavy atom. The van der Waals surface area contributed by atoms with Crippen LogP contribution in [0.15, 0.2) is 24.3 Å². The van der Waals surface area contributed by atoms with Crippen LogP contribution in [0, 0.1) is 0 Å². The van der Waals surface area contributed by atoms with E-state index in [9.17, 15) is 0 Å². The van der Waals surface area contributed by atoms with Gasteiger partial charge in [-0.15, -0.1) is 5.10 Å². The highest BCUT2D eigenvalue weighted by atomic mass is 16.5. The van der Waals surface area contributed by atoms with Crippen LogP contribution in [0.1, 0.15) is 63.4 Å². The molecule has 2 aromatic rings. The number of piperazine rings is 1. The van der Waals surface area contributed by atoms with Crippen molar-refractivity contribution in [1.82, 2.24) is 25.1 Å². The maximum absolute atomic E-state index is 5.56. The summed E-state index contributed by atoms with van der Waals surface area (Å²) in [5.41, 5.74) is 1.19. The highest BCUT2D eigenvalue weighted by Gasteiger charge is 2.31. The Labute approximate surface area is 167 Å². The van der Waals surface area contributed by atoms with Crippen LogP contribution in [0.25, 0.3) is 0 Å². The van der Waals surface area contributed by atoms with Crippen molar-refractivity contribution >= 4 is 5.69 Å². The third kappa shape index (κ3) is 3.85. The molecular formula is C21H32N6O. The second-order valence-corrected chi connectivity index (χ2v) is 7.92. The van der Waals surface area contributed by atoms with E-state index in [0.29, 0.717) is 12.1 Å². The van der Waals surface area contributed by atoms with Gasteiger partial charge in [-0.25, -0.2) is 4.68 Å². The van der Waals surface area contributed by atoms with Crippen molar-refractivity contribution in [1.29, 1.82) is 0 Å². The van der Waals surface area contributed by atoms with Crippen LogP contribution in [0.4, 0.5) is 5.69 Å². The molecule has 4 rings (SSSR count). The molecule has 2 aliphatic rings. The van der Waals surface area contributed by atoms with E-state index in [2.05, 4.69) is 49.1 Å². The summed E-state index contributed by atoms with van der Waals surface area (Å²) in [7, 11) is 1.75. The second kappa shape index (κ2) is 8.90. The number of rotatable bonds is 7. The van der Waals surface area contributed by atoms with E-state index in [1.807, 2.05) is 12.1 Å². The monoisotopic (exact) mass is 384 g/mol. The molecule has 0 bridgehead atoms. The molecule has 0 amide bonds. The van der Waals surface area contributed by atoms with Crippen LogP contribution >= 0.6 is 0 Å². The van der Waals surface area contributed by atoms with E-state index in [1.54, 1.807) is 7.11 Å². The largest absolute Gasteiger partial charge is 0.495 e. The molecule has 28 heavy (non-hydrogen) atoms. The van der Waals surface area contributed by atoms with Gasteiger partial charge < -0.3 is 9.64 Å². The van der Waals surface area contributed by atoms with Crippen molar-refractivity contribution in [3.8, 4) is 5.75 Å². The first-order chi connectivity index (χ1) is 13.8. The van der Waals surface area contributed by atoms with Gasteiger partial charge in [-0.2, -0.15) is 0 Å². The zero-order valence-electron chi connectivity index (χ0n) is 17.1. The second-order valence-electron chi connectivity index (χ2n) is 7.92. The van der Waals surface area contributed by atoms with Gasteiger partial charge in [-0.3, -0.25) is 4.90 Å². The molecule has 7 nitrogen and oxygen atoms in total. The number of ether oxygens (including phenoxy) is 1. The number of methoxy groups -OCH3 is 1. The van der Waals surface area contributed by atoms with Gasteiger partial charge in [0.2, 0.25) is 0 Å². The number of aromatic nitrogens is 4. The Kier molecular flexibility index (Phi) is 6.10. The van der Waals surface area contributed by atoms with Crippen LogP contribution < -0.4 is 9.64 Å². The van der Waals surface area contributed by atoms with Crippen molar-refractivity contribution in [2.45, 2.75) is 57.5 Å². The first-order valence-electron chi connectivity index (χ1n) is 10.7. The quantitative estimate of drug-likeness (QED) is 0.729. The van der Waals surface area contributed by atoms with Crippen LogP contribution in [-0.2, 0) is 0 Å². The fourth-order valence-corrected chi connectivity index (χ4v) is 4.74. The fourth-order valence-electron chi connectivity index (χ4n) is 4.74. The SMILES string of the molecule is CCC[C@H](c1nnnn1C1CCCC1)N1CCN(c2ccccc2OC)CC1. The van der Waals surface area contributed by atoms with Gasteiger partial charge in [0.15, 0.2) is 5.82 Å². The molecule has 2 heterocycles. The molecule has 1 aromatic carbocycles. The molecule has 1 atom stereocenters.